The number of carbonyl (C=O) groups is 8. The second kappa shape index (κ2) is 33.1. The van der Waals surface area contributed by atoms with E-state index in [1.807, 2.05) is 49.4 Å². The Morgan fingerprint density at radius 2 is 0.727 bits per heavy atom. The van der Waals surface area contributed by atoms with E-state index in [1.165, 1.54) is 18.2 Å². The maximum Gasteiger partial charge on any atom is 0.254 e. The van der Waals surface area contributed by atoms with Crippen LogP contribution < -0.4 is 42.5 Å². The molecule has 8 N–H and O–H groups in total. The predicted molar refractivity (Wildman–Crippen MR) is 442 cm³/mol. The highest BCUT2D eigenvalue weighted by Gasteiger charge is 2.32. The van der Waals surface area contributed by atoms with Crippen molar-refractivity contribution < 1.29 is 55.9 Å². The van der Waals surface area contributed by atoms with Crippen LogP contribution in [0.25, 0.3) is 46.9 Å². The third-order valence-corrected chi connectivity index (χ3v) is 21.7. The van der Waals surface area contributed by atoms with Crippen molar-refractivity contribution in [1.82, 2.24) is 79.7 Å². The molecule has 28 nitrogen and oxygen atoms in total. The van der Waals surface area contributed by atoms with Crippen molar-refractivity contribution >= 4 is 129 Å². The van der Waals surface area contributed by atoms with Crippen molar-refractivity contribution in [2.24, 2.45) is 0 Å². The van der Waals surface area contributed by atoms with Gasteiger partial charge in [-0.3, -0.25) is 59.6 Å². The van der Waals surface area contributed by atoms with Crippen LogP contribution in [0.1, 0.15) is 167 Å². The van der Waals surface area contributed by atoms with Gasteiger partial charge in [0.1, 0.15) is 46.5 Å². The van der Waals surface area contributed by atoms with Gasteiger partial charge in [0.05, 0.1) is 73.2 Å². The molecule has 4 aliphatic heterocycles. The van der Waals surface area contributed by atoms with Crippen LogP contribution in [-0.4, -0.2) is 130 Å². The van der Waals surface area contributed by atoms with Crippen molar-refractivity contribution in [3.05, 3.63) is 256 Å². The van der Waals surface area contributed by atoms with Gasteiger partial charge in [-0.05, 0) is 161 Å². The van der Waals surface area contributed by atoms with Gasteiger partial charge in [0.25, 0.3) is 23.6 Å². The summed E-state index contributed by atoms with van der Waals surface area (Å²) in [7, 11) is 0. The van der Waals surface area contributed by atoms with Gasteiger partial charge < -0.3 is 21.3 Å². The second-order valence-electron chi connectivity index (χ2n) is 31.6. The Morgan fingerprint density at radius 3 is 1.08 bits per heavy atom. The van der Waals surface area contributed by atoms with E-state index < -0.39 is 17.7 Å². The zero-order valence-corrected chi connectivity index (χ0v) is 66.7. The Hall–Kier alpha value is -13.9. The van der Waals surface area contributed by atoms with Crippen LogP contribution in [0.3, 0.4) is 0 Å². The van der Waals surface area contributed by atoms with Gasteiger partial charge in [-0.2, -0.15) is 38.5 Å². The van der Waals surface area contributed by atoms with Gasteiger partial charge in [0.2, 0.25) is 23.6 Å². The van der Waals surface area contributed by atoms with E-state index in [0.717, 1.165) is 103 Å². The lowest BCUT2D eigenvalue weighted by molar-refractivity contribution is -0.125. The number of fused-ring (bicyclic) bond motifs is 4. The van der Waals surface area contributed by atoms with Gasteiger partial charge in [-0.1, -0.05) is 65.7 Å². The molecule has 0 atom stereocenters. The molecule has 12 heterocycles. The second-order valence-corrected chi connectivity index (χ2v) is 32.0. The minimum atomic E-state index is -0.398. The first kappa shape index (κ1) is 79.6. The monoisotopic (exact) mass is 1650 g/mol. The molecule has 12 aromatic rings. The number of aromatic nitrogens is 12. The molecule has 4 saturated carbocycles. The summed E-state index contributed by atoms with van der Waals surface area (Å²) in [5, 5.41) is 41.0. The summed E-state index contributed by atoms with van der Waals surface area (Å²) >= 11 is 6.27. The number of carbonyl (C=O) groups excluding carboxylic acids is 8. The summed E-state index contributed by atoms with van der Waals surface area (Å²) in [5.41, 5.74) is 14.9. The average molecular weight is 1660 g/mol. The van der Waals surface area contributed by atoms with Gasteiger partial charge in [-0.15, -0.1) is 0 Å². The van der Waals surface area contributed by atoms with E-state index in [0.29, 0.717) is 161 Å². The molecule has 4 aliphatic carbocycles. The lowest BCUT2D eigenvalue weighted by Gasteiger charge is -2.11. The largest absolute Gasteiger partial charge is 0.367 e. The highest BCUT2D eigenvalue weighted by atomic mass is 35.5. The molecule has 0 spiro atoms. The molecule has 0 unspecified atom stereocenters. The summed E-state index contributed by atoms with van der Waals surface area (Å²) in [4.78, 5) is 113. The molecular weight excluding hydrogens is 1580 g/mol. The predicted octanol–water partition coefficient (Wildman–Crippen LogP) is 11.7. The van der Waals surface area contributed by atoms with Crippen LogP contribution in [0.2, 0.25) is 5.02 Å². The highest BCUT2D eigenvalue weighted by Crippen LogP contribution is 2.35. The van der Waals surface area contributed by atoms with E-state index >= 15 is 0 Å². The van der Waals surface area contributed by atoms with Gasteiger partial charge in [0, 0.05) is 124 Å². The Morgan fingerprint density at radius 1 is 0.380 bits per heavy atom. The molecule has 33 heteroatoms. The van der Waals surface area contributed by atoms with E-state index in [4.69, 9.17) is 31.5 Å². The summed E-state index contributed by atoms with van der Waals surface area (Å²) in [6.45, 7) is 7.10. The van der Waals surface area contributed by atoms with E-state index in [1.54, 1.807) is 118 Å². The van der Waals surface area contributed by atoms with Gasteiger partial charge in [-0.25, -0.2) is 37.5 Å². The number of halogens is 5. The Labute approximate surface area is 692 Å². The van der Waals surface area contributed by atoms with Crippen molar-refractivity contribution in [2.45, 2.75) is 155 Å². The molecule has 8 amide bonds. The molecule has 0 bridgehead atoms. The smallest absolute Gasteiger partial charge is 0.254 e. The number of aryl methyl sites for hydroxylation is 4. The molecule has 20 rings (SSSR count). The minimum Gasteiger partial charge on any atom is -0.367 e. The van der Waals surface area contributed by atoms with Crippen molar-refractivity contribution in [3.63, 3.8) is 0 Å². The molecule has 121 heavy (non-hydrogen) atoms. The van der Waals surface area contributed by atoms with Crippen LogP contribution in [0.15, 0.2) is 138 Å². The van der Waals surface area contributed by atoms with Crippen LogP contribution in [0, 0.1) is 51.0 Å². The third-order valence-electron chi connectivity index (χ3n) is 21.4. The van der Waals surface area contributed by atoms with Crippen molar-refractivity contribution in [2.75, 3.05) is 21.3 Å². The zero-order chi connectivity index (χ0) is 84.2. The van der Waals surface area contributed by atoms with E-state index in [-0.39, 0.29) is 78.5 Å². The first-order valence-electron chi connectivity index (χ1n) is 39.7. The third kappa shape index (κ3) is 18.4. The number of amides is 8. The number of hydrogen-bond donors (Lipinski definition) is 8. The Balaban J connectivity index is 0.000000115. The normalized spacial score (nSPS) is 17.7. The quantitative estimate of drug-likeness (QED) is 0.0200. The lowest BCUT2D eigenvalue weighted by Crippen LogP contribution is -2.19. The maximum absolute atomic E-state index is 14.5. The number of imide groups is 4. The molecule has 8 fully saturated rings. The molecule has 4 aromatic carbocycles. The van der Waals surface area contributed by atoms with E-state index in [9.17, 15) is 55.9 Å². The minimum absolute atomic E-state index is 0.0352. The summed E-state index contributed by atoms with van der Waals surface area (Å²) in [6, 6.07) is 27.7. The zero-order valence-electron chi connectivity index (χ0n) is 65.9. The number of rotatable bonds is 20. The van der Waals surface area contributed by atoms with Gasteiger partial charge >= 0.3 is 0 Å². The number of benzene rings is 4. The van der Waals surface area contributed by atoms with Gasteiger partial charge in [0.15, 0.2) is 22.6 Å². The van der Waals surface area contributed by atoms with Crippen LogP contribution in [0.5, 0.6) is 0 Å². The molecule has 8 aliphatic rings. The molecule has 8 aromatic heterocycles. The molecule has 614 valence electrons. The first-order chi connectivity index (χ1) is 58.3. The van der Waals surface area contributed by atoms with Crippen LogP contribution in [-0.2, 0) is 64.0 Å². The lowest BCUT2D eigenvalue weighted by atomic mass is 10.1. The highest BCUT2D eigenvalue weighted by molar-refractivity contribution is 6.31. The fraction of sp³-hybridized carbons (Fsp3) is 0.273. The van der Waals surface area contributed by atoms with E-state index in [2.05, 4.69) is 62.9 Å². The topological polar surface area (TPSA) is 354 Å². The molecule has 4 saturated heterocycles. The number of hydrogen-bond acceptors (Lipinski definition) is 20. The number of nitrogens with one attached hydrogen (secondary N) is 8. The average Bonchev–Trinajstić information content (AvgIpc) is 1.63. The summed E-state index contributed by atoms with van der Waals surface area (Å²) in [6.07, 6.45) is 23.7. The SMILES string of the molecule is Cc1cc(Cc2cc(NC3CC3)n3ncc(/C=C4\CC(=O)NC4=O)c3n2)c(Cl)cc1F.Cc1cc(Cc2cc(NC3CC3)n3ncc(/C=C4\CC(=O)NC4=O)c3n2)ccc1F.Cc1ccc(F)c(Cc2cc(NC3CC3)n3ncc(/C=C4\CC(=O)NC4=O)c3n2)c1.Cc1cccc(Cc2cc(NC3CC3)n3ncc(/C=C4\CC(=O)NC4=O)c3n2)c1F. The molecular formula is C88H79ClF4N20O8. The summed E-state index contributed by atoms with van der Waals surface area (Å²) < 4.78 is 63.1. The fourth-order valence-corrected chi connectivity index (χ4v) is 14.6. The standard InChI is InChI=1S/C22H19ClFN5O2.3C22H20FN5O2/c1-11-4-12(17(23)9-18(11)24)6-16-8-19(26-15-2-3-15)29-21(27-16)14(10-25-29)5-13-7-20(30)28-22(13)31;1-12-6-13(2-5-18(12)23)7-17-10-19(25-16-3-4-16)28-21(26-17)15(11-24-28)8-14-9-20(29)27-22(14)30;1-12-2-5-18(23)13(6-12)8-17-10-19(25-16-3-4-16)28-21(26-17)15(11-24-28)7-14-9-20(29)27-22(14)30;1-12-3-2-4-13(20(12)23)8-17-10-18(25-16-5-6-16)28-21(26-17)15(11-24-28)7-14-9-19(29)27-22(14)30/h4-5,8-10,15,26H,2-3,6-7H2,1H3,(H,28,30,31);2,5-6,8,10-11,16,25H,3-4,7,9H2,1H3,(H,27,29,30);2,5-7,10-11,16,25H,3-4,8-9H2,1H3,(H,27,29,30);2-4,7,10-11,16,25H,5-6,8-9H2,1H3,(H,27,29,30)/b13-5+;14-8+;2*14-7+. The summed E-state index contributed by atoms with van der Waals surface area (Å²) in [5.74, 6) is -0.728. The maximum atomic E-state index is 14.5. The van der Waals surface area contributed by atoms with Crippen LogP contribution >= 0.6 is 11.6 Å². The van der Waals surface area contributed by atoms with Crippen molar-refractivity contribution in [1.29, 1.82) is 0 Å². The van der Waals surface area contributed by atoms with Crippen LogP contribution in [0.4, 0.5) is 40.8 Å². The number of anilines is 4. The van der Waals surface area contributed by atoms with Crippen molar-refractivity contribution in [3.8, 4) is 0 Å². The molecule has 0 radical (unpaired) electrons. The fourth-order valence-electron chi connectivity index (χ4n) is 14.4. The number of nitrogens with zero attached hydrogens (tertiary/aromatic N) is 12. The Kier molecular flexibility index (Phi) is 21.8. The first-order valence-corrected chi connectivity index (χ1v) is 40.1. The Bertz CT molecular complexity index is 6360.